The smallest absolute Gasteiger partial charge is 0.137 e. The van der Waals surface area contributed by atoms with E-state index in [4.69, 9.17) is 5.73 Å². The average Bonchev–Trinajstić information content (AvgIpc) is 2.80. The minimum atomic E-state index is -0.422. The Hall–Kier alpha value is -1.27. The molecule has 1 aromatic heterocycles. The number of nitrogens with two attached hydrogens (primary N) is 1. The van der Waals surface area contributed by atoms with Crippen LogP contribution in [0.3, 0.4) is 0 Å². The third kappa shape index (κ3) is 2.59. The van der Waals surface area contributed by atoms with Gasteiger partial charge in [-0.1, -0.05) is 18.2 Å². The molecule has 0 saturated heterocycles. The van der Waals surface area contributed by atoms with Crippen LogP contribution in [0.5, 0.6) is 0 Å². The van der Waals surface area contributed by atoms with E-state index in [1.807, 2.05) is 0 Å². The van der Waals surface area contributed by atoms with Gasteiger partial charge in [0.1, 0.15) is 5.82 Å². The topological polar surface area (TPSA) is 56.7 Å². The highest BCUT2D eigenvalue weighted by atomic mass is 79.9. The summed E-state index contributed by atoms with van der Waals surface area (Å²) in [5.41, 5.74) is 7.62. The van der Waals surface area contributed by atoms with Gasteiger partial charge in [-0.25, -0.2) is 9.07 Å². The molecule has 2 rings (SSSR count). The number of hydrogen-bond acceptors (Lipinski definition) is 3. The fourth-order valence-electron chi connectivity index (χ4n) is 1.77. The number of nitrogens with zero attached hydrogens (tertiary/aromatic N) is 3. The van der Waals surface area contributed by atoms with Gasteiger partial charge < -0.3 is 5.73 Å². The predicted molar refractivity (Wildman–Crippen MR) is 70.4 cm³/mol. The van der Waals surface area contributed by atoms with Gasteiger partial charge in [-0.2, -0.15) is 0 Å². The first kappa shape index (κ1) is 13.2. The molecule has 6 heteroatoms. The van der Waals surface area contributed by atoms with Crippen molar-refractivity contribution in [2.75, 3.05) is 0 Å². The van der Waals surface area contributed by atoms with E-state index in [2.05, 4.69) is 33.2 Å². The van der Waals surface area contributed by atoms with Crippen molar-refractivity contribution in [2.45, 2.75) is 25.9 Å². The third-order valence-electron chi connectivity index (χ3n) is 2.70. The lowest BCUT2D eigenvalue weighted by molar-refractivity contribution is 0.542. The molecule has 4 nitrogen and oxygen atoms in total. The number of aryl methyl sites for hydroxylation is 1. The van der Waals surface area contributed by atoms with Gasteiger partial charge in [0.2, 0.25) is 0 Å². The SMILES string of the molecule is CCCn1nncc1C(N)c1ccc(Br)c(F)c1. The third-order valence-corrected chi connectivity index (χ3v) is 3.35. The molecule has 96 valence electrons. The average molecular weight is 313 g/mol. The Labute approximate surface area is 113 Å². The summed E-state index contributed by atoms with van der Waals surface area (Å²) in [6.07, 6.45) is 2.57. The highest BCUT2D eigenvalue weighted by Crippen LogP contribution is 2.23. The normalized spacial score (nSPS) is 12.7. The molecule has 0 aliphatic heterocycles. The van der Waals surface area contributed by atoms with Crippen LogP contribution >= 0.6 is 15.9 Å². The summed E-state index contributed by atoms with van der Waals surface area (Å²) in [7, 11) is 0. The lowest BCUT2D eigenvalue weighted by Crippen LogP contribution is -2.17. The van der Waals surface area contributed by atoms with Crippen molar-refractivity contribution in [1.82, 2.24) is 15.0 Å². The van der Waals surface area contributed by atoms with Crippen LogP contribution in [0.25, 0.3) is 0 Å². The summed E-state index contributed by atoms with van der Waals surface area (Å²) in [6, 6.07) is 4.45. The molecule has 1 heterocycles. The molecule has 0 saturated carbocycles. The largest absolute Gasteiger partial charge is 0.319 e. The second kappa shape index (κ2) is 5.58. The predicted octanol–water partition coefficient (Wildman–Crippen LogP) is 2.64. The first-order chi connectivity index (χ1) is 8.63. The van der Waals surface area contributed by atoms with Gasteiger partial charge in [0.05, 0.1) is 22.4 Å². The van der Waals surface area contributed by atoms with E-state index >= 15 is 0 Å². The highest BCUT2D eigenvalue weighted by Gasteiger charge is 2.15. The Morgan fingerprint density at radius 2 is 2.28 bits per heavy atom. The molecule has 0 fully saturated rings. The maximum absolute atomic E-state index is 13.5. The summed E-state index contributed by atoms with van der Waals surface area (Å²) in [5.74, 6) is -0.322. The van der Waals surface area contributed by atoms with E-state index in [0.29, 0.717) is 10.0 Å². The van der Waals surface area contributed by atoms with Crippen molar-refractivity contribution in [3.8, 4) is 0 Å². The van der Waals surface area contributed by atoms with E-state index < -0.39 is 6.04 Å². The van der Waals surface area contributed by atoms with Crippen molar-refractivity contribution in [3.05, 3.63) is 45.9 Å². The van der Waals surface area contributed by atoms with Crippen LogP contribution in [0.1, 0.15) is 30.6 Å². The second-order valence-corrected chi connectivity index (χ2v) is 4.89. The zero-order valence-corrected chi connectivity index (χ0v) is 11.6. The van der Waals surface area contributed by atoms with Crippen molar-refractivity contribution in [3.63, 3.8) is 0 Å². The Morgan fingerprint density at radius 1 is 1.50 bits per heavy atom. The van der Waals surface area contributed by atoms with Crippen LogP contribution in [0, 0.1) is 5.82 Å². The van der Waals surface area contributed by atoms with E-state index in [1.165, 1.54) is 6.07 Å². The van der Waals surface area contributed by atoms with Gasteiger partial charge in [0.25, 0.3) is 0 Å². The molecule has 2 aromatic rings. The summed E-state index contributed by atoms with van der Waals surface area (Å²) in [6.45, 7) is 2.80. The monoisotopic (exact) mass is 312 g/mol. The fourth-order valence-corrected chi connectivity index (χ4v) is 2.02. The second-order valence-electron chi connectivity index (χ2n) is 4.03. The van der Waals surface area contributed by atoms with Crippen LogP contribution in [-0.4, -0.2) is 15.0 Å². The van der Waals surface area contributed by atoms with Crippen LogP contribution in [0.4, 0.5) is 4.39 Å². The molecule has 1 atom stereocenters. The van der Waals surface area contributed by atoms with Crippen molar-refractivity contribution in [1.29, 1.82) is 0 Å². The van der Waals surface area contributed by atoms with Crippen molar-refractivity contribution in [2.24, 2.45) is 5.73 Å². The molecule has 2 N–H and O–H groups in total. The molecule has 0 radical (unpaired) electrons. The quantitative estimate of drug-likeness (QED) is 0.944. The van der Waals surface area contributed by atoms with Crippen molar-refractivity contribution < 1.29 is 4.39 Å². The minimum Gasteiger partial charge on any atom is -0.319 e. The van der Waals surface area contributed by atoms with E-state index in [9.17, 15) is 4.39 Å². The molecule has 1 aromatic carbocycles. The fraction of sp³-hybridized carbons (Fsp3) is 0.333. The van der Waals surface area contributed by atoms with Gasteiger partial charge in [-0.05, 0) is 40.0 Å². The molecule has 0 spiro atoms. The Bertz CT molecular complexity index is 541. The van der Waals surface area contributed by atoms with E-state index in [1.54, 1.807) is 23.0 Å². The Morgan fingerprint density at radius 3 is 2.94 bits per heavy atom. The maximum atomic E-state index is 13.5. The number of aromatic nitrogens is 3. The van der Waals surface area contributed by atoms with Gasteiger partial charge in [-0.15, -0.1) is 5.10 Å². The molecular formula is C12H14BrFN4. The van der Waals surface area contributed by atoms with Gasteiger partial charge in [0, 0.05) is 6.54 Å². The number of benzene rings is 1. The Kier molecular flexibility index (Phi) is 4.08. The molecule has 0 aliphatic carbocycles. The molecular weight excluding hydrogens is 299 g/mol. The first-order valence-electron chi connectivity index (χ1n) is 5.72. The molecule has 18 heavy (non-hydrogen) atoms. The molecule has 0 aliphatic rings. The van der Waals surface area contributed by atoms with Gasteiger partial charge in [0.15, 0.2) is 0 Å². The highest BCUT2D eigenvalue weighted by molar-refractivity contribution is 9.10. The van der Waals surface area contributed by atoms with Crippen molar-refractivity contribution >= 4 is 15.9 Å². The molecule has 0 amide bonds. The molecule has 0 bridgehead atoms. The first-order valence-corrected chi connectivity index (χ1v) is 6.51. The minimum absolute atomic E-state index is 0.322. The number of halogens is 2. The van der Waals surface area contributed by atoms with Crippen LogP contribution in [-0.2, 0) is 6.54 Å². The number of rotatable bonds is 4. The van der Waals surface area contributed by atoms with Crippen LogP contribution in [0.2, 0.25) is 0 Å². The summed E-state index contributed by atoms with van der Waals surface area (Å²) in [5, 5.41) is 7.83. The zero-order valence-electron chi connectivity index (χ0n) is 9.98. The lowest BCUT2D eigenvalue weighted by Gasteiger charge is -2.13. The van der Waals surface area contributed by atoms with Crippen LogP contribution < -0.4 is 5.73 Å². The van der Waals surface area contributed by atoms with Crippen LogP contribution in [0.15, 0.2) is 28.9 Å². The van der Waals surface area contributed by atoms with Gasteiger partial charge in [-0.3, -0.25) is 0 Å². The van der Waals surface area contributed by atoms with E-state index in [0.717, 1.165) is 18.7 Å². The maximum Gasteiger partial charge on any atom is 0.137 e. The van der Waals surface area contributed by atoms with Gasteiger partial charge >= 0.3 is 0 Å². The van der Waals surface area contributed by atoms with E-state index in [-0.39, 0.29) is 5.82 Å². The standard InChI is InChI=1S/C12H14BrFN4/c1-2-5-18-11(7-16-17-18)12(15)8-3-4-9(13)10(14)6-8/h3-4,6-7,12H,2,5,15H2,1H3. The number of hydrogen-bond donors (Lipinski definition) is 1. The summed E-state index contributed by atoms with van der Waals surface area (Å²) in [4.78, 5) is 0. The summed E-state index contributed by atoms with van der Waals surface area (Å²) >= 11 is 3.12. The zero-order chi connectivity index (χ0) is 13.1. The molecule has 1 unspecified atom stereocenters. The lowest BCUT2D eigenvalue weighted by atomic mass is 10.1. The Balaban J connectivity index is 2.32. The summed E-state index contributed by atoms with van der Waals surface area (Å²) < 4.78 is 15.7.